The van der Waals surface area contributed by atoms with Gasteiger partial charge >= 0.3 is 23.7 Å². The average Bonchev–Trinajstić information content (AvgIpc) is 2.28. The Labute approximate surface area is 106 Å². The molecule has 0 aliphatic heterocycles. The molecule has 0 aromatic heterocycles. The van der Waals surface area contributed by atoms with Gasteiger partial charge in [0, 0.05) is 0 Å². The van der Waals surface area contributed by atoms with E-state index < -0.39 is 23.8 Å². The molecule has 0 unspecified atom stereocenters. The molecule has 0 saturated carbocycles. The predicted octanol–water partition coefficient (Wildman–Crippen LogP) is -0.121. The van der Waals surface area contributed by atoms with Gasteiger partial charge in [0.1, 0.15) is 0 Å². The molecule has 0 aliphatic rings. The van der Waals surface area contributed by atoms with Gasteiger partial charge < -0.3 is 10.2 Å². The molecule has 0 aliphatic carbocycles. The summed E-state index contributed by atoms with van der Waals surface area (Å²) in [7, 11) is 0. The first-order valence-electron chi connectivity index (χ1n) is 4.21. The second-order valence-corrected chi connectivity index (χ2v) is 3.24. The zero-order chi connectivity index (χ0) is 13.5. The molecule has 0 aromatic carbocycles. The van der Waals surface area contributed by atoms with Crippen molar-refractivity contribution < 1.29 is 43.5 Å². The van der Waals surface area contributed by atoms with Crippen molar-refractivity contribution in [3.8, 4) is 0 Å². The van der Waals surface area contributed by atoms with Crippen LogP contribution >= 0.6 is 0 Å². The summed E-state index contributed by atoms with van der Waals surface area (Å²) in [6.07, 6.45) is 0. The van der Waals surface area contributed by atoms with E-state index in [2.05, 4.69) is 13.2 Å². The first-order valence-corrected chi connectivity index (χ1v) is 4.85. The van der Waals surface area contributed by atoms with Crippen molar-refractivity contribution >= 4 is 11.6 Å². The quantitative estimate of drug-likeness (QED) is 0.409. The molecular weight excluding hydrogens is 248 g/mol. The molecule has 0 amide bonds. The Morgan fingerprint density at radius 1 is 1.12 bits per heavy atom. The summed E-state index contributed by atoms with van der Waals surface area (Å²) in [5.41, 5.74) is -2.40. The topological polar surface area (TPSA) is 91.7 Å². The Kier molecular flexibility index (Phi) is 8.29. The maximum absolute atomic E-state index is 11.4. The molecule has 0 atom stereocenters. The van der Waals surface area contributed by atoms with Crippen molar-refractivity contribution in [2.45, 2.75) is 19.4 Å². The Morgan fingerprint density at radius 2 is 1.38 bits per heavy atom. The van der Waals surface area contributed by atoms with Crippen molar-refractivity contribution in [1.82, 2.24) is 0 Å². The van der Waals surface area contributed by atoms with E-state index in [1.807, 2.05) is 0 Å². The van der Waals surface area contributed by atoms with Crippen LogP contribution in [-0.4, -0.2) is 34.0 Å². The van der Waals surface area contributed by atoms with Crippen LogP contribution in [0, 0.1) is 0 Å². The molecule has 0 aromatic rings. The van der Waals surface area contributed by atoms with Crippen LogP contribution in [0.1, 0.15) is 13.8 Å². The number of carbonyl (C=O) groups is 2. The van der Waals surface area contributed by atoms with Gasteiger partial charge in [0.25, 0.3) is 0 Å². The van der Waals surface area contributed by atoms with E-state index in [4.69, 9.17) is 8.43 Å². The molecule has 0 saturated heterocycles. The van der Waals surface area contributed by atoms with Crippen LogP contribution in [0.15, 0.2) is 24.3 Å². The molecular formula is C10H14O5Ti. The van der Waals surface area contributed by atoms with Crippen LogP contribution in [0.25, 0.3) is 0 Å². The first-order chi connectivity index (χ1) is 7.27. The number of aliphatic hydroxyl groups excluding tert-OH is 1. The molecule has 0 fully saturated rings. The Morgan fingerprint density at radius 3 is 1.50 bits per heavy atom. The summed E-state index contributed by atoms with van der Waals surface area (Å²) in [5, 5.41) is 18.5. The maximum atomic E-state index is 11.4. The van der Waals surface area contributed by atoms with Gasteiger partial charge in [-0.1, -0.05) is 13.2 Å². The summed E-state index contributed by atoms with van der Waals surface area (Å²) in [5.74, 6) is -1.76. The standard InChI is InChI=1S/C10H14O4.O.Ti/c1-6(2)8(12)10(14,5-11)9(13)7(3)4;;/h11,14H,1,3,5H2,2,4H3;;. The van der Waals surface area contributed by atoms with Crippen molar-refractivity contribution in [1.29, 1.82) is 0 Å². The Balaban J connectivity index is 0. The zero-order valence-corrected chi connectivity index (χ0v) is 10.8. The first kappa shape index (κ1) is 17.6. The SMILES string of the molecule is C=C(C)C(=O)C(O)(CO)C(=O)C(=C)C.[O]=[Ti]. The Bertz CT molecular complexity index is 295. The van der Waals surface area contributed by atoms with Gasteiger partial charge in [0.15, 0.2) is 11.6 Å². The molecule has 88 valence electrons. The van der Waals surface area contributed by atoms with Gasteiger partial charge in [-0.05, 0) is 25.0 Å². The molecule has 5 nitrogen and oxygen atoms in total. The van der Waals surface area contributed by atoms with E-state index in [0.29, 0.717) is 0 Å². The minimum absolute atomic E-state index is 0.0103. The van der Waals surface area contributed by atoms with E-state index >= 15 is 0 Å². The third-order valence-electron chi connectivity index (χ3n) is 1.76. The molecule has 6 heteroatoms. The summed E-state index contributed by atoms with van der Waals surface area (Å²) in [6, 6.07) is 0. The third kappa shape index (κ3) is 4.02. The van der Waals surface area contributed by atoms with Gasteiger partial charge in [-0.15, -0.1) is 0 Å². The van der Waals surface area contributed by atoms with E-state index in [9.17, 15) is 14.7 Å². The minimum atomic E-state index is -2.42. The van der Waals surface area contributed by atoms with Crippen molar-refractivity contribution in [2.75, 3.05) is 6.61 Å². The van der Waals surface area contributed by atoms with E-state index in [0.717, 1.165) is 20.4 Å². The molecule has 16 heavy (non-hydrogen) atoms. The summed E-state index contributed by atoms with van der Waals surface area (Å²) in [4.78, 5) is 22.7. The normalized spacial score (nSPS) is 9.69. The number of rotatable bonds is 5. The Hall–Kier alpha value is -0.746. The molecule has 0 rings (SSSR count). The molecule has 2 N–H and O–H groups in total. The van der Waals surface area contributed by atoms with Crippen molar-refractivity contribution in [2.24, 2.45) is 0 Å². The average molecular weight is 262 g/mol. The van der Waals surface area contributed by atoms with Crippen LogP contribution in [-0.2, 0) is 33.3 Å². The fourth-order valence-electron chi connectivity index (χ4n) is 0.953. The number of ketones is 2. The second kappa shape index (κ2) is 7.51. The van der Waals surface area contributed by atoms with Gasteiger partial charge in [0.05, 0.1) is 6.61 Å². The van der Waals surface area contributed by atoms with Crippen LogP contribution in [0.4, 0.5) is 0 Å². The fraction of sp³-hybridized carbons (Fsp3) is 0.400. The molecule has 0 bridgehead atoms. The number of hydrogen-bond acceptors (Lipinski definition) is 5. The number of aliphatic hydroxyl groups is 2. The third-order valence-corrected chi connectivity index (χ3v) is 1.76. The van der Waals surface area contributed by atoms with Crippen LogP contribution in [0.5, 0.6) is 0 Å². The number of Topliss-reactive ketones (excluding diaryl/α,β-unsaturated/α-hetero) is 2. The summed E-state index contributed by atoms with van der Waals surface area (Å²) >= 11 is 0.750. The second-order valence-electron chi connectivity index (χ2n) is 3.24. The monoisotopic (exact) mass is 262 g/mol. The van der Waals surface area contributed by atoms with Crippen LogP contribution < -0.4 is 0 Å². The van der Waals surface area contributed by atoms with Gasteiger partial charge in [-0.25, -0.2) is 0 Å². The van der Waals surface area contributed by atoms with Gasteiger partial charge in [0.2, 0.25) is 5.60 Å². The zero-order valence-electron chi connectivity index (χ0n) is 9.24. The predicted molar refractivity (Wildman–Crippen MR) is 52.4 cm³/mol. The number of hydrogen-bond donors (Lipinski definition) is 2. The van der Waals surface area contributed by atoms with Crippen LogP contribution in [0.3, 0.4) is 0 Å². The van der Waals surface area contributed by atoms with E-state index in [1.165, 1.54) is 13.8 Å². The van der Waals surface area contributed by atoms with E-state index in [1.54, 1.807) is 0 Å². The summed E-state index contributed by atoms with van der Waals surface area (Å²) < 4.78 is 8.25. The molecule has 0 heterocycles. The van der Waals surface area contributed by atoms with E-state index in [-0.39, 0.29) is 11.1 Å². The summed E-state index contributed by atoms with van der Waals surface area (Å²) in [6.45, 7) is 8.36. The molecule has 0 radical (unpaired) electrons. The fourth-order valence-corrected chi connectivity index (χ4v) is 0.953. The van der Waals surface area contributed by atoms with Gasteiger partial charge in [-0.3, -0.25) is 9.59 Å². The number of carbonyl (C=O) groups excluding carboxylic acids is 2. The van der Waals surface area contributed by atoms with Crippen LogP contribution in [0.2, 0.25) is 0 Å². The van der Waals surface area contributed by atoms with Gasteiger partial charge in [-0.2, -0.15) is 0 Å². The molecule has 0 spiro atoms. The van der Waals surface area contributed by atoms with Crippen molar-refractivity contribution in [3.63, 3.8) is 0 Å². The van der Waals surface area contributed by atoms with Crippen molar-refractivity contribution in [3.05, 3.63) is 24.3 Å².